The van der Waals surface area contributed by atoms with E-state index in [4.69, 9.17) is 5.26 Å². The van der Waals surface area contributed by atoms with E-state index in [0.29, 0.717) is 18.8 Å². The van der Waals surface area contributed by atoms with E-state index in [-0.39, 0.29) is 11.3 Å². The summed E-state index contributed by atoms with van der Waals surface area (Å²) in [5.41, 5.74) is 0.462. The molecule has 1 rings (SSSR count). The summed E-state index contributed by atoms with van der Waals surface area (Å²) in [5.74, 6) is -0.424. The highest BCUT2D eigenvalue weighted by Gasteiger charge is 2.21. The molecule has 7 heteroatoms. The van der Waals surface area contributed by atoms with Crippen molar-refractivity contribution in [3.8, 4) is 6.07 Å². The molecule has 6 nitrogen and oxygen atoms in total. The number of carbonyl (C=O) groups is 1. The van der Waals surface area contributed by atoms with Crippen LogP contribution in [0, 0.1) is 11.3 Å². The number of amides is 1. The van der Waals surface area contributed by atoms with Gasteiger partial charge < -0.3 is 5.32 Å². The van der Waals surface area contributed by atoms with Crippen LogP contribution in [0.1, 0.15) is 20.3 Å². The van der Waals surface area contributed by atoms with Gasteiger partial charge in [0.15, 0.2) is 0 Å². The Morgan fingerprint density at radius 2 is 1.80 bits per heavy atom. The van der Waals surface area contributed by atoms with Crippen LogP contribution in [0.2, 0.25) is 0 Å². The topological polar surface area (TPSA) is 90.3 Å². The number of hydrogen-bond acceptors (Lipinski definition) is 4. The van der Waals surface area contributed by atoms with Crippen molar-refractivity contribution in [1.29, 1.82) is 5.26 Å². The van der Waals surface area contributed by atoms with Crippen LogP contribution in [0.4, 0.5) is 5.69 Å². The fourth-order valence-corrected chi connectivity index (χ4v) is 3.16. The Morgan fingerprint density at radius 1 is 1.25 bits per heavy atom. The highest BCUT2D eigenvalue weighted by molar-refractivity contribution is 7.89. The summed E-state index contributed by atoms with van der Waals surface area (Å²) < 4.78 is 25.8. The lowest BCUT2D eigenvalue weighted by Crippen LogP contribution is -2.30. The van der Waals surface area contributed by atoms with Crippen molar-refractivity contribution < 1.29 is 13.2 Å². The third-order valence-corrected chi connectivity index (χ3v) is 4.78. The quantitative estimate of drug-likeness (QED) is 0.862. The molecular formula is C13H17N3O3S. The fourth-order valence-electron chi connectivity index (χ4n) is 1.70. The Balaban J connectivity index is 2.92. The first-order valence-electron chi connectivity index (χ1n) is 6.22. The number of nitrogens with zero attached hydrogens (tertiary/aromatic N) is 2. The van der Waals surface area contributed by atoms with Gasteiger partial charge in [0.05, 0.1) is 11.0 Å². The van der Waals surface area contributed by atoms with Crippen LogP contribution in [0.3, 0.4) is 0 Å². The highest BCUT2D eigenvalue weighted by atomic mass is 32.2. The Hall–Kier alpha value is -1.91. The molecule has 0 aliphatic rings. The molecule has 1 aromatic carbocycles. The normalized spacial score (nSPS) is 11.1. The second-order valence-electron chi connectivity index (χ2n) is 4.00. The fraction of sp³-hybridized carbons (Fsp3) is 0.385. The van der Waals surface area contributed by atoms with Crippen LogP contribution in [0.25, 0.3) is 0 Å². The molecule has 0 radical (unpaired) electrons. The van der Waals surface area contributed by atoms with Crippen LogP contribution >= 0.6 is 0 Å². The van der Waals surface area contributed by atoms with Crippen molar-refractivity contribution in [3.05, 3.63) is 24.3 Å². The minimum Gasteiger partial charge on any atom is -0.325 e. The maximum Gasteiger partial charge on any atom is 0.243 e. The van der Waals surface area contributed by atoms with Gasteiger partial charge in [0.2, 0.25) is 15.9 Å². The minimum atomic E-state index is -3.49. The zero-order valence-corrected chi connectivity index (χ0v) is 12.3. The Kier molecular flexibility index (Phi) is 5.67. The maximum absolute atomic E-state index is 12.2. The van der Waals surface area contributed by atoms with E-state index >= 15 is 0 Å². The molecular weight excluding hydrogens is 278 g/mol. The van der Waals surface area contributed by atoms with E-state index in [2.05, 4.69) is 5.32 Å². The van der Waals surface area contributed by atoms with Crippen LogP contribution in [-0.4, -0.2) is 31.7 Å². The summed E-state index contributed by atoms with van der Waals surface area (Å²) in [5, 5.41) is 10.9. The summed E-state index contributed by atoms with van der Waals surface area (Å²) in [6, 6.07) is 7.63. The zero-order chi connectivity index (χ0) is 15.2. The van der Waals surface area contributed by atoms with Crippen LogP contribution in [0.5, 0.6) is 0 Å². The first kappa shape index (κ1) is 16.1. The number of anilines is 1. The van der Waals surface area contributed by atoms with Gasteiger partial charge in [-0.05, 0) is 24.3 Å². The van der Waals surface area contributed by atoms with Gasteiger partial charge in [-0.25, -0.2) is 8.42 Å². The van der Waals surface area contributed by atoms with Gasteiger partial charge >= 0.3 is 0 Å². The molecule has 0 aliphatic carbocycles. The number of nitriles is 1. The lowest BCUT2D eigenvalue weighted by atomic mass is 10.3. The van der Waals surface area contributed by atoms with Crippen molar-refractivity contribution >= 4 is 21.6 Å². The van der Waals surface area contributed by atoms with Crippen LogP contribution in [-0.2, 0) is 14.8 Å². The van der Waals surface area contributed by atoms with Gasteiger partial charge in [0.25, 0.3) is 0 Å². The summed E-state index contributed by atoms with van der Waals surface area (Å²) >= 11 is 0. The lowest BCUT2D eigenvalue weighted by Gasteiger charge is -2.18. The Morgan fingerprint density at radius 3 is 2.25 bits per heavy atom. The average Bonchev–Trinajstić information content (AvgIpc) is 2.40. The number of rotatable bonds is 6. The van der Waals surface area contributed by atoms with Crippen molar-refractivity contribution in [3.63, 3.8) is 0 Å². The van der Waals surface area contributed by atoms with Gasteiger partial charge in [0, 0.05) is 18.8 Å². The maximum atomic E-state index is 12.2. The molecule has 0 unspecified atom stereocenters. The van der Waals surface area contributed by atoms with Gasteiger partial charge in [-0.3, -0.25) is 4.79 Å². The van der Waals surface area contributed by atoms with E-state index in [1.807, 2.05) is 0 Å². The molecule has 0 heterocycles. The van der Waals surface area contributed by atoms with Crippen molar-refractivity contribution in [2.45, 2.75) is 25.2 Å². The van der Waals surface area contributed by atoms with E-state index in [0.717, 1.165) is 0 Å². The monoisotopic (exact) mass is 295 g/mol. The first-order chi connectivity index (χ1) is 9.45. The van der Waals surface area contributed by atoms with Crippen molar-refractivity contribution in [2.24, 2.45) is 0 Å². The van der Waals surface area contributed by atoms with E-state index in [9.17, 15) is 13.2 Å². The molecule has 0 saturated carbocycles. The molecule has 0 atom stereocenters. The van der Waals surface area contributed by atoms with E-state index < -0.39 is 15.9 Å². The Labute approximate surface area is 119 Å². The largest absolute Gasteiger partial charge is 0.325 e. The Bertz CT molecular complexity index is 599. The van der Waals surface area contributed by atoms with Crippen LogP contribution < -0.4 is 5.32 Å². The molecule has 0 fully saturated rings. The average molecular weight is 295 g/mol. The molecule has 108 valence electrons. The number of carbonyl (C=O) groups excluding carboxylic acids is 1. The van der Waals surface area contributed by atoms with E-state index in [1.165, 1.54) is 28.6 Å². The van der Waals surface area contributed by atoms with Crippen molar-refractivity contribution in [1.82, 2.24) is 4.31 Å². The number of hydrogen-bond donors (Lipinski definition) is 1. The van der Waals surface area contributed by atoms with Gasteiger partial charge in [-0.2, -0.15) is 9.57 Å². The standard InChI is InChI=1S/C13H17N3O3S/c1-3-16(4-2)20(18,19)12-7-5-11(6-8-12)15-13(17)9-10-14/h5-8H,3-4,9H2,1-2H3,(H,15,17). The molecule has 1 aromatic rings. The minimum absolute atomic E-state index is 0.180. The SMILES string of the molecule is CCN(CC)S(=O)(=O)c1ccc(NC(=O)CC#N)cc1. The van der Waals surface area contributed by atoms with Gasteiger partial charge in [0.1, 0.15) is 6.42 Å². The number of nitrogens with one attached hydrogen (secondary N) is 1. The second-order valence-corrected chi connectivity index (χ2v) is 5.93. The molecule has 20 heavy (non-hydrogen) atoms. The lowest BCUT2D eigenvalue weighted by molar-refractivity contribution is -0.115. The third kappa shape index (κ3) is 3.79. The predicted molar refractivity (Wildman–Crippen MR) is 75.4 cm³/mol. The van der Waals surface area contributed by atoms with Crippen molar-refractivity contribution in [2.75, 3.05) is 18.4 Å². The summed E-state index contributed by atoms with van der Waals surface area (Å²) in [6.07, 6.45) is -0.237. The molecule has 1 amide bonds. The zero-order valence-electron chi connectivity index (χ0n) is 11.5. The molecule has 0 bridgehead atoms. The van der Waals surface area contributed by atoms with Gasteiger partial charge in [-0.1, -0.05) is 13.8 Å². The molecule has 0 aliphatic heterocycles. The molecule has 0 spiro atoms. The number of sulfonamides is 1. The predicted octanol–water partition coefficient (Wildman–Crippen LogP) is 1.57. The number of benzene rings is 1. The summed E-state index contributed by atoms with van der Waals surface area (Å²) in [4.78, 5) is 11.4. The summed E-state index contributed by atoms with van der Waals surface area (Å²) in [6.45, 7) is 4.36. The molecule has 0 saturated heterocycles. The molecule has 0 aromatic heterocycles. The second kappa shape index (κ2) is 7.03. The third-order valence-electron chi connectivity index (χ3n) is 2.72. The smallest absolute Gasteiger partial charge is 0.243 e. The summed E-state index contributed by atoms with van der Waals surface area (Å²) in [7, 11) is -3.49. The van der Waals surface area contributed by atoms with Gasteiger partial charge in [-0.15, -0.1) is 0 Å². The first-order valence-corrected chi connectivity index (χ1v) is 7.66. The van der Waals surface area contributed by atoms with E-state index in [1.54, 1.807) is 19.9 Å². The van der Waals surface area contributed by atoms with Crippen LogP contribution in [0.15, 0.2) is 29.2 Å². The highest BCUT2D eigenvalue weighted by Crippen LogP contribution is 2.18. The molecule has 1 N–H and O–H groups in total.